The van der Waals surface area contributed by atoms with E-state index in [2.05, 4.69) is 4.90 Å². The van der Waals surface area contributed by atoms with E-state index in [1.54, 1.807) is 4.90 Å². The van der Waals surface area contributed by atoms with Crippen LogP contribution >= 0.6 is 24.8 Å². The van der Waals surface area contributed by atoms with Crippen molar-refractivity contribution in [2.24, 2.45) is 11.7 Å². The van der Waals surface area contributed by atoms with E-state index >= 15 is 0 Å². The fourth-order valence-electron chi connectivity index (χ4n) is 2.99. The Balaban J connectivity index is 0.00000162. The van der Waals surface area contributed by atoms with Crippen LogP contribution in [0.2, 0.25) is 0 Å². The highest BCUT2D eigenvalue weighted by atomic mass is 35.5. The van der Waals surface area contributed by atoms with Crippen molar-refractivity contribution in [1.29, 1.82) is 0 Å². The van der Waals surface area contributed by atoms with Gasteiger partial charge in [0, 0.05) is 13.1 Å². The van der Waals surface area contributed by atoms with Crippen LogP contribution in [0.5, 0.6) is 0 Å². The smallest absolute Gasteiger partial charge is 0.314 e. The van der Waals surface area contributed by atoms with Gasteiger partial charge in [0.1, 0.15) is 0 Å². The van der Waals surface area contributed by atoms with E-state index < -0.39 is 0 Å². The zero-order chi connectivity index (χ0) is 12.1. The van der Waals surface area contributed by atoms with Crippen molar-refractivity contribution < 1.29 is 4.79 Å². The summed E-state index contributed by atoms with van der Waals surface area (Å²) < 4.78 is 0. The summed E-state index contributed by atoms with van der Waals surface area (Å²) in [6.07, 6.45) is 7.73. The van der Waals surface area contributed by atoms with Gasteiger partial charge in [0.25, 0.3) is 0 Å². The summed E-state index contributed by atoms with van der Waals surface area (Å²) in [7, 11) is 0. The minimum Gasteiger partial charge on any atom is -0.351 e. The summed E-state index contributed by atoms with van der Waals surface area (Å²) in [5.41, 5.74) is 5.28. The predicted octanol–water partition coefficient (Wildman–Crippen LogP) is 2.50. The van der Waals surface area contributed by atoms with Crippen molar-refractivity contribution in [2.75, 3.05) is 32.7 Å². The van der Waals surface area contributed by atoms with E-state index in [-0.39, 0.29) is 30.8 Å². The molecule has 2 rings (SSSR count). The molecule has 0 atom stereocenters. The van der Waals surface area contributed by atoms with Gasteiger partial charge in [-0.2, -0.15) is 0 Å². The monoisotopic (exact) mass is 311 g/mol. The van der Waals surface area contributed by atoms with Gasteiger partial charge >= 0.3 is 6.03 Å². The average molecular weight is 312 g/mol. The molecule has 2 N–H and O–H groups in total. The van der Waals surface area contributed by atoms with Crippen LogP contribution in [0.25, 0.3) is 0 Å². The number of amides is 2. The topological polar surface area (TPSA) is 49.6 Å². The van der Waals surface area contributed by atoms with Crippen LogP contribution in [-0.4, -0.2) is 48.6 Å². The molecule has 2 amide bonds. The van der Waals surface area contributed by atoms with Crippen LogP contribution in [0, 0.1) is 5.92 Å². The molecule has 0 aromatic carbocycles. The van der Waals surface area contributed by atoms with Gasteiger partial charge in [0.05, 0.1) is 0 Å². The van der Waals surface area contributed by atoms with Crippen molar-refractivity contribution in [3.8, 4) is 0 Å². The van der Waals surface area contributed by atoms with Crippen LogP contribution in [-0.2, 0) is 0 Å². The van der Waals surface area contributed by atoms with Crippen molar-refractivity contribution in [3.05, 3.63) is 0 Å². The zero-order valence-electron chi connectivity index (χ0n) is 11.6. The van der Waals surface area contributed by atoms with Crippen molar-refractivity contribution in [2.45, 2.75) is 38.5 Å². The normalized spacial score (nSPS) is 21.4. The van der Waals surface area contributed by atoms with Crippen LogP contribution in [0.4, 0.5) is 4.79 Å². The van der Waals surface area contributed by atoms with Crippen LogP contribution in [0.3, 0.4) is 0 Å². The fourth-order valence-corrected chi connectivity index (χ4v) is 2.99. The number of urea groups is 1. The minimum absolute atomic E-state index is 0. The quantitative estimate of drug-likeness (QED) is 0.870. The van der Waals surface area contributed by atoms with Gasteiger partial charge in [-0.25, -0.2) is 4.79 Å². The molecule has 2 saturated heterocycles. The van der Waals surface area contributed by atoms with E-state index in [1.807, 2.05) is 0 Å². The zero-order valence-corrected chi connectivity index (χ0v) is 13.2. The first-order chi connectivity index (χ1) is 8.25. The summed E-state index contributed by atoms with van der Waals surface area (Å²) in [6, 6.07) is -0.250. The minimum atomic E-state index is -0.250. The predicted molar refractivity (Wildman–Crippen MR) is 83.3 cm³/mol. The lowest BCUT2D eigenvalue weighted by molar-refractivity contribution is 0.161. The number of carbonyl (C=O) groups excluding carboxylic acids is 1. The highest BCUT2D eigenvalue weighted by Crippen LogP contribution is 2.21. The maximum atomic E-state index is 11.0. The Kier molecular flexibility index (Phi) is 9.58. The number of rotatable bonds is 3. The molecule has 0 unspecified atom stereocenters. The highest BCUT2D eigenvalue weighted by molar-refractivity contribution is 5.85. The molecule has 0 spiro atoms. The molecule has 2 aliphatic rings. The molecule has 0 aromatic rings. The second-order valence-corrected chi connectivity index (χ2v) is 5.46. The summed E-state index contributed by atoms with van der Waals surface area (Å²) in [4.78, 5) is 15.4. The van der Waals surface area contributed by atoms with Gasteiger partial charge in [0.2, 0.25) is 0 Å². The number of hydrogen-bond donors (Lipinski definition) is 1. The summed E-state index contributed by atoms with van der Waals surface area (Å²) in [5, 5.41) is 0. The second-order valence-electron chi connectivity index (χ2n) is 5.46. The fraction of sp³-hybridized carbons (Fsp3) is 0.923. The number of likely N-dealkylation sites (tertiary alicyclic amines) is 2. The molecule has 19 heavy (non-hydrogen) atoms. The van der Waals surface area contributed by atoms with Crippen LogP contribution in [0.15, 0.2) is 0 Å². The Bertz CT molecular complexity index is 252. The first-order valence-electron chi connectivity index (χ1n) is 7.02. The lowest BCUT2D eigenvalue weighted by Crippen LogP contribution is -2.42. The molecule has 0 saturated carbocycles. The molecule has 0 bridgehead atoms. The number of nitrogens with two attached hydrogens (primary N) is 1. The lowest BCUT2D eigenvalue weighted by Gasteiger charge is -2.33. The van der Waals surface area contributed by atoms with E-state index in [4.69, 9.17) is 5.73 Å². The van der Waals surface area contributed by atoms with Gasteiger partial charge < -0.3 is 15.5 Å². The Morgan fingerprint density at radius 1 is 1.00 bits per heavy atom. The first kappa shape index (κ1) is 18.8. The summed E-state index contributed by atoms with van der Waals surface area (Å²) in [5.74, 6) is 0.799. The van der Waals surface area contributed by atoms with Gasteiger partial charge in [-0.3, -0.25) is 0 Å². The van der Waals surface area contributed by atoms with Gasteiger partial charge in [0.15, 0.2) is 0 Å². The first-order valence-corrected chi connectivity index (χ1v) is 7.02. The third kappa shape index (κ3) is 6.19. The SMILES string of the molecule is Cl.Cl.NC(=O)N1CCC(CCN2CCCCC2)CC1. The molecule has 0 aromatic heterocycles. The molecule has 2 heterocycles. The Morgan fingerprint density at radius 2 is 1.58 bits per heavy atom. The van der Waals surface area contributed by atoms with Crippen LogP contribution < -0.4 is 5.73 Å². The second kappa shape index (κ2) is 9.67. The maximum absolute atomic E-state index is 11.0. The lowest BCUT2D eigenvalue weighted by atomic mass is 9.93. The standard InChI is InChI=1S/C13H25N3O.2ClH/c14-13(17)16-10-5-12(6-11-16)4-9-15-7-2-1-3-8-15;;/h12H,1-11H2,(H2,14,17);2*1H. The number of nitrogens with zero attached hydrogens (tertiary/aromatic N) is 2. The van der Waals surface area contributed by atoms with Gasteiger partial charge in [-0.05, 0) is 57.7 Å². The van der Waals surface area contributed by atoms with E-state index in [1.165, 1.54) is 45.3 Å². The average Bonchev–Trinajstić information content (AvgIpc) is 2.38. The number of piperidine rings is 2. The summed E-state index contributed by atoms with van der Waals surface area (Å²) in [6.45, 7) is 5.56. The maximum Gasteiger partial charge on any atom is 0.314 e. The molecule has 2 aliphatic heterocycles. The molecule has 4 nitrogen and oxygen atoms in total. The molecule has 6 heteroatoms. The summed E-state index contributed by atoms with van der Waals surface area (Å²) >= 11 is 0. The number of hydrogen-bond acceptors (Lipinski definition) is 2. The van der Waals surface area contributed by atoms with Crippen molar-refractivity contribution in [3.63, 3.8) is 0 Å². The van der Waals surface area contributed by atoms with Gasteiger partial charge in [-0.15, -0.1) is 24.8 Å². The third-order valence-electron chi connectivity index (χ3n) is 4.23. The third-order valence-corrected chi connectivity index (χ3v) is 4.23. The molecule has 2 fully saturated rings. The van der Waals surface area contributed by atoms with E-state index in [9.17, 15) is 4.79 Å². The Morgan fingerprint density at radius 3 is 2.11 bits per heavy atom. The van der Waals surface area contributed by atoms with Gasteiger partial charge in [-0.1, -0.05) is 6.42 Å². The molecular formula is C13H27Cl2N3O. The molecule has 0 radical (unpaired) electrons. The Labute approximate surface area is 128 Å². The molecule has 0 aliphatic carbocycles. The van der Waals surface area contributed by atoms with Crippen LogP contribution in [0.1, 0.15) is 38.5 Å². The number of carbonyl (C=O) groups is 1. The van der Waals surface area contributed by atoms with Crippen molar-refractivity contribution >= 4 is 30.8 Å². The molecule has 114 valence electrons. The van der Waals surface area contributed by atoms with E-state index in [0.717, 1.165) is 31.8 Å². The largest absolute Gasteiger partial charge is 0.351 e. The Hall–Kier alpha value is -0.190. The molecular weight excluding hydrogens is 285 g/mol. The number of halogens is 2. The van der Waals surface area contributed by atoms with Crippen molar-refractivity contribution in [1.82, 2.24) is 9.80 Å². The number of primary amides is 1. The highest BCUT2D eigenvalue weighted by Gasteiger charge is 2.21. The van der Waals surface area contributed by atoms with E-state index in [0.29, 0.717) is 0 Å².